The average Bonchev–Trinajstić information content (AvgIpc) is 2.04. The highest BCUT2D eigenvalue weighted by molar-refractivity contribution is 4.80. The van der Waals surface area contributed by atoms with Gasteiger partial charge >= 0.3 is 0 Å². The largest absolute Gasteiger partial charge is 0.221 e. The summed E-state index contributed by atoms with van der Waals surface area (Å²) in [6, 6.07) is 0. The van der Waals surface area contributed by atoms with Gasteiger partial charge in [0, 0.05) is 0 Å². The number of hydrogen-bond acceptors (Lipinski definition) is 3. The van der Waals surface area contributed by atoms with Crippen LogP contribution in [0.5, 0.6) is 0 Å². The van der Waals surface area contributed by atoms with Gasteiger partial charge in [0.15, 0.2) is 0 Å². The predicted molar refractivity (Wildman–Crippen MR) is 49.9 cm³/mol. The summed E-state index contributed by atoms with van der Waals surface area (Å²) in [6.07, 6.45) is 3.48. The van der Waals surface area contributed by atoms with Crippen LogP contribution in [0.2, 0.25) is 0 Å². The molecule has 0 aromatic rings. The smallest absolute Gasteiger partial charge is 0.0994 e. The fourth-order valence-corrected chi connectivity index (χ4v) is 2.28. The van der Waals surface area contributed by atoms with E-state index in [9.17, 15) is 0 Å². The van der Waals surface area contributed by atoms with Crippen molar-refractivity contribution < 1.29 is 15.2 Å². The molecule has 3 unspecified atom stereocenters. The second-order valence-corrected chi connectivity index (χ2v) is 4.54. The highest BCUT2D eigenvalue weighted by Crippen LogP contribution is 2.35. The Morgan fingerprint density at radius 3 is 2.54 bits per heavy atom. The summed E-state index contributed by atoms with van der Waals surface area (Å²) < 4.78 is 0. The summed E-state index contributed by atoms with van der Waals surface area (Å²) in [7, 11) is 0. The maximum atomic E-state index is 8.28. The van der Waals surface area contributed by atoms with E-state index in [4.69, 9.17) is 10.1 Å². The zero-order chi connectivity index (χ0) is 9.84. The zero-order valence-electron chi connectivity index (χ0n) is 8.69. The molecule has 0 aliphatic heterocycles. The first-order valence-electron chi connectivity index (χ1n) is 5.12. The van der Waals surface area contributed by atoms with Crippen molar-refractivity contribution in [3.63, 3.8) is 0 Å². The summed E-state index contributed by atoms with van der Waals surface area (Å²) >= 11 is 0. The van der Waals surface area contributed by atoms with Crippen LogP contribution in [0.15, 0.2) is 0 Å². The molecule has 1 aliphatic rings. The predicted octanol–water partition coefficient (Wildman–Crippen LogP) is 2.87. The van der Waals surface area contributed by atoms with Crippen LogP contribution in [-0.4, -0.2) is 11.4 Å². The SMILES string of the molecule is CC1CCC(C(C)C)C(OOO)C1. The molecule has 0 radical (unpaired) electrons. The molecule has 1 N–H and O–H groups in total. The number of rotatable bonds is 3. The Bertz CT molecular complexity index is 147. The summed E-state index contributed by atoms with van der Waals surface area (Å²) in [6.45, 7) is 6.59. The van der Waals surface area contributed by atoms with Gasteiger partial charge in [-0.25, -0.2) is 10.1 Å². The van der Waals surface area contributed by atoms with Gasteiger partial charge in [-0.1, -0.05) is 32.2 Å². The molecular formula is C10H20O3. The van der Waals surface area contributed by atoms with Crippen LogP contribution in [0.4, 0.5) is 0 Å². The molecule has 3 nitrogen and oxygen atoms in total. The molecule has 1 aliphatic carbocycles. The monoisotopic (exact) mass is 188 g/mol. The molecule has 0 aromatic heterocycles. The molecule has 0 aromatic carbocycles. The van der Waals surface area contributed by atoms with Gasteiger partial charge in [0.05, 0.1) is 6.10 Å². The molecule has 3 heteroatoms. The van der Waals surface area contributed by atoms with Crippen molar-refractivity contribution in [2.45, 2.75) is 46.1 Å². The van der Waals surface area contributed by atoms with Gasteiger partial charge in [-0.15, -0.1) is 0 Å². The van der Waals surface area contributed by atoms with Crippen molar-refractivity contribution in [3.05, 3.63) is 0 Å². The fourth-order valence-electron chi connectivity index (χ4n) is 2.28. The summed E-state index contributed by atoms with van der Waals surface area (Å²) in [5.41, 5.74) is 0. The summed E-state index contributed by atoms with van der Waals surface area (Å²) in [5.74, 6) is 1.78. The van der Waals surface area contributed by atoms with E-state index in [0.717, 1.165) is 6.42 Å². The molecule has 0 amide bonds. The molecule has 1 fully saturated rings. The quantitative estimate of drug-likeness (QED) is 0.546. The van der Waals surface area contributed by atoms with E-state index >= 15 is 0 Å². The summed E-state index contributed by atoms with van der Waals surface area (Å²) in [4.78, 5) is 4.88. The van der Waals surface area contributed by atoms with Crippen molar-refractivity contribution in [2.75, 3.05) is 0 Å². The van der Waals surface area contributed by atoms with Gasteiger partial charge < -0.3 is 0 Å². The van der Waals surface area contributed by atoms with E-state index in [-0.39, 0.29) is 6.10 Å². The Labute approximate surface area is 79.9 Å². The van der Waals surface area contributed by atoms with E-state index in [1.165, 1.54) is 12.8 Å². The Balaban J connectivity index is 2.50. The van der Waals surface area contributed by atoms with Gasteiger partial charge in [-0.2, -0.15) is 0 Å². The van der Waals surface area contributed by atoms with Crippen molar-refractivity contribution in [3.8, 4) is 0 Å². The molecule has 0 bridgehead atoms. The second kappa shape index (κ2) is 4.94. The van der Waals surface area contributed by atoms with Gasteiger partial charge in [-0.05, 0) is 30.6 Å². The van der Waals surface area contributed by atoms with Crippen LogP contribution in [0.25, 0.3) is 0 Å². The molecule has 78 valence electrons. The molecule has 0 saturated heterocycles. The molecule has 0 spiro atoms. The van der Waals surface area contributed by atoms with E-state index in [0.29, 0.717) is 17.8 Å². The normalized spacial score (nSPS) is 35.3. The molecular weight excluding hydrogens is 168 g/mol. The lowest BCUT2D eigenvalue weighted by atomic mass is 9.75. The third-order valence-electron chi connectivity index (χ3n) is 3.13. The highest BCUT2D eigenvalue weighted by Gasteiger charge is 2.32. The zero-order valence-corrected chi connectivity index (χ0v) is 8.69. The Hall–Kier alpha value is -0.120. The van der Waals surface area contributed by atoms with E-state index in [2.05, 4.69) is 25.8 Å². The lowest BCUT2D eigenvalue weighted by molar-refractivity contribution is -0.513. The fraction of sp³-hybridized carbons (Fsp3) is 1.00. The molecule has 0 heterocycles. The molecule has 1 rings (SSSR count). The van der Waals surface area contributed by atoms with Crippen LogP contribution >= 0.6 is 0 Å². The van der Waals surface area contributed by atoms with E-state index < -0.39 is 0 Å². The molecule has 1 saturated carbocycles. The maximum Gasteiger partial charge on any atom is 0.0994 e. The van der Waals surface area contributed by atoms with Gasteiger partial charge in [-0.3, -0.25) is 0 Å². The van der Waals surface area contributed by atoms with Crippen LogP contribution in [0, 0.1) is 17.8 Å². The first-order chi connectivity index (χ1) is 6.15. The van der Waals surface area contributed by atoms with Crippen LogP contribution in [0.3, 0.4) is 0 Å². The second-order valence-electron chi connectivity index (χ2n) is 4.54. The van der Waals surface area contributed by atoms with Gasteiger partial charge in [0.2, 0.25) is 0 Å². The van der Waals surface area contributed by atoms with Gasteiger partial charge in [0.1, 0.15) is 0 Å². The Morgan fingerprint density at radius 2 is 2.00 bits per heavy atom. The molecule has 13 heavy (non-hydrogen) atoms. The average molecular weight is 188 g/mol. The molecule has 3 atom stereocenters. The lowest BCUT2D eigenvalue weighted by Gasteiger charge is -2.35. The Morgan fingerprint density at radius 1 is 1.31 bits per heavy atom. The van der Waals surface area contributed by atoms with Crippen molar-refractivity contribution in [1.82, 2.24) is 0 Å². The van der Waals surface area contributed by atoms with E-state index in [1.54, 1.807) is 0 Å². The topological polar surface area (TPSA) is 38.7 Å². The lowest BCUT2D eigenvalue weighted by Crippen LogP contribution is -2.34. The standard InChI is InChI=1S/C10H20O3/c1-7(2)9-5-4-8(3)6-10(9)12-13-11/h7-11H,4-6H2,1-3H3. The minimum absolute atomic E-state index is 0.0637. The minimum atomic E-state index is 0.0637. The van der Waals surface area contributed by atoms with Crippen LogP contribution in [0.1, 0.15) is 40.0 Å². The van der Waals surface area contributed by atoms with Crippen molar-refractivity contribution in [1.29, 1.82) is 0 Å². The third-order valence-corrected chi connectivity index (χ3v) is 3.13. The van der Waals surface area contributed by atoms with E-state index in [1.807, 2.05) is 0 Å². The van der Waals surface area contributed by atoms with Gasteiger partial charge in [0.25, 0.3) is 0 Å². The maximum absolute atomic E-state index is 8.28. The van der Waals surface area contributed by atoms with Crippen molar-refractivity contribution in [2.24, 2.45) is 17.8 Å². The van der Waals surface area contributed by atoms with Crippen molar-refractivity contribution >= 4 is 0 Å². The van der Waals surface area contributed by atoms with Crippen LogP contribution in [-0.2, 0) is 9.93 Å². The Kier molecular flexibility index (Phi) is 4.16. The minimum Gasteiger partial charge on any atom is -0.221 e. The first-order valence-corrected chi connectivity index (χ1v) is 5.12. The third kappa shape index (κ3) is 2.93. The highest BCUT2D eigenvalue weighted by atomic mass is 17.5. The first kappa shape index (κ1) is 11.0. The van der Waals surface area contributed by atoms with Crippen LogP contribution < -0.4 is 0 Å². The summed E-state index contributed by atoms with van der Waals surface area (Å²) in [5, 5.41) is 12.1. The number of hydrogen-bond donors (Lipinski definition) is 1.